The van der Waals surface area contributed by atoms with Crippen molar-refractivity contribution < 1.29 is 14.3 Å². The van der Waals surface area contributed by atoms with Gasteiger partial charge in [0.15, 0.2) is 0 Å². The van der Waals surface area contributed by atoms with E-state index in [0.29, 0.717) is 6.61 Å². The highest BCUT2D eigenvalue weighted by Gasteiger charge is 2.22. The van der Waals surface area contributed by atoms with E-state index in [1.54, 1.807) is 7.11 Å². The Hall–Kier alpha value is -1.75. The first-order valence-corrected chi connectivity index (χ1v) is 6.97. The number of carbonyl (C=O) groups is 1. The summed E-state index contributed by atoms with van der Waals surface area (Å²) in [7, 11) is 1.64. The van der Waals surface area contributed by atoms with Crippen LogP contribution in [0.4, 0.5) is 0 Å². The lowest BCUT2D eigenvalue weighted by Gasteiger charge is -2.30. The number of nitrogens with zero attached hydrogens (tertiary/aromatic N) is 1. The van der Waals surface area contributed by atoms with Crippen LogP contribution in [-0.4, -0.2) is 44.2 Å². The van der Waals surface area contributed by atoms with E-state index in [2.05, 4.69) is 4.90 Å². The summed E-state index contributed by atoms with van der Waals surface area (Å²) in [5.74, 6) is 1.55. The quantitative estimate of drug-likeness (QED) is 0.851. The molecule has 0 aliphatic carbocycles. The van der Waals surface area contributed by atoms with Crippen molar-refractivity contribution >= 4 is 5.91 Å². The van der Waals surface area contributed by atoms with Crippen LogP contribution in [0.15, 0.2) is 24.3 Å². The molecule has 20 heavy (non-hydrogen) atoms. The molecule has 1 aromatic carbocycles. The SMILES string of the molecule is COc1ccc(OCCN2CCC(C(N)=O)CC2)cc1. The van der Waals surface area contributed by atoms with Crippen molar-refractivity contribution in [3.63, 3.8) is 0 Å². The normalized spacial score (nSPS) is 16.9. The van der Waals surface area contributed by atoms with E-state index in [-0.39, 0.29) is 11.8 Å². The minimum Gasteiger partial charge on any atom is -0.497 e. The molecule has 1 aliphatic heterocycles. The van der Waals surface area contributed by atoms with E-state index in [1.807, 2.05) is 24.3 Å². The Morgan fingerprint density at radius 1 is 1.25 bits per heavy atom. The lowest BCUT2D eigenvalue weighted by Crippen LogP contribution is -2.40. The van der Waals surface area contributed by atoms with Crippen LogP contribution in [0.5, 0.6) is 11.5 Å². The summed E-state index contributed by atoms with van der Waals surface area (Å²) in [4.78, 5) is 13.4. The van der Waals surface area contributed by atoms with Crippen LogP contribution in [-0.2, 0) is 4.79 Å². The predicted octanol–water partition coefficient (Wildman–Crippen LogP) is 1.27. The monoisotopic (exact) mass is 278 g/mol. The number of rotatable bonds is 6. The molecule has 0 bridgehead atoms. The van der Waals surface area contributed by atoms with Gasteiger partial charge in [-0.25, -0.2) is 0 Å². The van der Waals surface area contributed by atoms with Crippen LogP contribution in [0.2, 0.25) is 0 Å². The third-order valence-corrected chi connectivity index (χ3v) is 3.73. The van der Waals surface area contributed by atoms with Crippen molar-refractivity contribution in [3.05, 3.63) is 24.3 Å². The number of methoxy groups -OCH3 is 1. The molecule has 0 spiro atoms. The van der Waals surface area contributed by atoms with Gasteiger partial charge >= 0.3 is 0 Å². The Balaban J connectivity index is 1.67. The fraction of sp³-hybridized carbons (Fsp3) is 0.533. The number of hydrogen-bond acceptors (Lipinski definition) is 4. The summed E-state index contributed by atoms with van der Waals surface area (Å²) >= 11 is 0. The van der Waals surface area contributed by atoms with Crippen LogP contribution in [0, 0.1) is 5.92 Å². The number of piperidine rings is 1. The Bertz CT molecular complexity index is 425. The molecule has 1 amide bonds. The number of nitrogens with two attached hydrogens (primary N) is 1. The molecule has 2 rings (SSSR count). The first kappa shape index (κ1) is 14.7. The molecule has 1 aliphatic rings. The van der Waals surface area contributed by atoms with Crippen molar-refractivity contribution in [1.82, 2.24) is 4.90 Å². The third-order valence-electron chi connectivity index (χ3n) is 3.73. The molecule has 1 aromatic rings. The Kier molecular flexibility index (Phi) is 5.24. The molecule has 5 nitrogen and oxygen atoms in total. The van der Waals surface area contributed by atoms with Gasteiger partial charge in [0.1, 0.15) is 18.1 Å². The van der Waals surface area contributed by atoms with Crippen molar-refractivity contribution in [2.45, 2.75) is 12.8 Å². The van der Waals surface area contributed by atoms with Gasteiger partial charge in [-0.05, 0) is 50.2 Å². The fourth-order valence-electron chi connectivity index (χ4n) is 2.41. The molecule has 0 radical (unpaired) electrons. The molecule has 0 unspecified atom stereocenters. The maximum atomic E-state index is 11.1. The highest BCUT2D eigenvalue weighted by atomic mass is 16.5. The first-order chi connectivity index (χ1) is 9.69. The maximum absolute atomic E-state index is 11.1. The zero-order valence-corrected chi connectivity index (χ0v) is 11.9. The van der Waals surface area contributed by atoms with Gasteiger partial charge in [0.05, 0.1) is 7.11 Å². The number of hydrogen-bond donors (Lipinski definition) is 1. The second kappa shape index (κ2) is 7.14. The zero-order chi connectivity index (χ0) is 14.4. The van der Waals surface area contributed by atoms with Crippen molar-refractivity contribution in [2.75, 3.05) is 33.4 Å². The van der Waals surface area contributed by atoms with Crippen molar-refractivity contribution in [2.24, 2.45) is 11.7 Å². The lowest BCUT2D eigenvalue weighted by molar-refractivity contribution is -0.123. The van der Waals surface area contributed by atoms with Crippen LogP contribution in [0.3, 0.4) is 0 Å². The van der Waals surface area contributed by atoms with Gasteiger partial charge in [0, 0.05) is 12.5 Å². The highest BCUT2D eigenvalue weighted by molar-refractivity contribution is 5.76. The smallest absolute Gasteiger partial charge is 0.220 e. The second-order valence-corrected chi connectivity index (χ2v) is 5.04. The Labute approximate surface area is 119 Å². The third kappa shape index (κ3) is 4.13. The number of carbonyl (C=O) groups excluding carboxylic acids is 1. The van der Waals surface area contributed by atoms with Gasteiger partial charge in [-0.3, -0.25) is 9.69 Å². The summed E-state index contributed by atoms with van der Waals surface area (Å²) in [6.45, 7) is 3.35. The summed E-state index contributed by atoms with van der Waals surface area (Å²) in [5, 5.41) is 0. The first-order valence-electron chi connectivity index (χ1n) is 6.97. The second-order valence-electron chi connectivity index (χ2n) is 5.04. The Morgan fingerprint density at radius 2 is 1.85 bits per heavy atom. The molecular weight excluding hydrogens is 256 g/mol. The average molecular weight is 278 g/mol. The average Bonchev–Trinajstić information content (AvgIpc) is 2.48. The summed E-state index contributed by atoms with van der Waals surface area (Å²) in [6.07, 6.45) is 1.72. The van der Waals surface area contributed by atoms with E-state index in [4.69, 9.17) is 15.2 Å². The summed E-state index contributed by atoms with van der Waals surface area (Å²) in [5.41, 5.74) is 5.32. The van der Waals surface area contributed by atoms with Crippen LogP contribution >= 0.6 is 0 Å². The Morgan fingerprint density at radius 3 is 2.40 bits per heavy atom. The largest absolute Gasteiger partial charge is 0.497 e. The minimum absolute atomic E-state index is 0.0498. The van der Waals surface area contributed by atoms with Crippen LogP contribution < -0.4 is 15.2 Å². The molecule has 0 aromatic heterocycles. The predicted molar refractivity (Wildman–Crippen MR) is 76.8 cm³/mol. The van der Waals surface area contributed by atoms with Gasteiger partial charge in [0.25, 0.3) is 0 Å². The van der Waals surface area contributed by atoms with E-state index in [9.17, 15) is 4.79 Å². The standard InChI is InChI=1S/C15H22N2O3/c1-19-13-2-4-14(5-3-13)20-11-10-17-8-6-12(7-9-17)15(16)18/h2-5,12H,6-11H2,1H3,(H2,16,18). The van der Waals surface area contributed by atoms with E-state index >= 15 is 0 Å². The summed E-state index contributed by atoms with van der Waals surface area (Å²) in [6, 6.07) is 7.57. The molecule has 2 N–H and O–H groups in total. The fourth-order valence-corrected chi connectivity index (χ4v) is 2.41. The topological polar surface area (TPSA) is 64.8 Å². The molecule has 1 fully saturated rings. The molecule has 110 valence electrons. The van der Waals surface area contributed by atoms with Gasteiger partial charge in [0.2, 0.25) is 5.91 Å². The van der Waals surface area contributed by atoms with Crippen molar-refractivity contribution in [3.8, 4) is 11.5 Å². The van der Waals surface area contributed by atoms with E-state index < -0.39 is 0 Å². The number of primary amides is 1. The molecule has 1 heterocycles. The number of benzene rings is 1. The lowest BCUT2D eigenvalue weighted by atomic mass is 9.96. The van der Waals surface area contributed by atoms with E-state index in [0.717, 1.165) is 44.0 Å². The minimum atomic E-state index is -0.167. The zero-order valence-electron chi connectivity index (χ0n) is 11.9. The van der Waals surface area contributed by atoms with Crippen LogP contribution in [0.1, 0.15) is 12.8 Å². The molecule has 0 atom stereocenters. The number of amides is 1. The number of likely N-dealkylation sites (tertiary alicyclic amines) is 1. The number of ether oxygens (including phenoxy) is 2. The van der Waals surface area contributed by atoms with Gasteiger partial charge < -0.3 is 15.2 Å². The van der Waals surface area contributed by atoms with Gasteiger partial charge in [-0.15, -0.1) is 0 Å². The molecule has 0 saturated carbocycles. The van der Waals surface area contributed by atoms with E-state index in [1.165, 1.54) is 0 Å². The van der Waals surface area contributed by atoms with Gasteiger partial charge in [-0.1, -0.05) is 0 Å². The van der Waals surface area contributed by atoms with Crippen LogP contribution in [0.25, 0.3) is 0 Å². The maximum Gasteiger partial charge on any atom is 0.220 e. The van der Waals surface area contributed by atoms with Crippen molar-refractivity contribution in [1.29, 1.82) is 0 Å². The molecule has 1 saturated heterocycles. The molecule has 5 heteroatoms. The molecular formula is C15H22N2O3. The summed E-state index contributed by atoms with van der Waals surface area (Å²) < 4.78 is 10.8. The highest BCUT2D eigenvalue weighted by Crippen LogP contribution is 2.18. The van der Waals surface area contributed by atoms with Gasteiger partial charge in [-0.2, -0.15) is 0 Å².